The van der Waals surface area contributed by atoms with Crippen LogP contribution < -0.4 is 0 Å². The zero-order valence-electron chi connectivity index (χ0n) is 8.61. The summed E-state index contributed by atoms with van der Waals surface area (Å²) in [5, 5.41) is 0. The Hall–Kier alpha value is -1.30. The van der Waals surface area contributed by atoms with E-state index in [1.165, 1.54) is 24.0 Å². The van der Waals surface area contributed by atoms with Crippen molar-refractivity contribution in [3.63, 3.8) is 0 Å². The molecule has 0 bridgehead atoms. The minimum atomic E-state index is 0.715. The molecule has 0 fully saturated rings. The summed E-state index contributed by atoms with van der Waals surface area (Å²) in [7, 11) is 0. The molecule has 0 unspecified atom stereocenters. The van der Waals surface area contributed by atoms with Crippen molar-refractivity contribution in [3.8, 4) is 0 Å². The van der Waals surface area contributed by atoms with E-state index in [9.17, 15) is 0 Å². The fourth-order valence-corrected chi connectivity index (χ4v) is 1.78. The number of hydrogen-bond acceptors (Lipinski definition) is 0. The molecule has 0 aliphatic heterocycles. The molecule has 0 heterocycles. The van der Waals surface area contributed by atoms with Crippen LogP contribution in [0.1, 0.15) is 25.3 Å². The topological polar surface area (TPSA) is 0 Å². The van der Waals surface area contributed by atoms with E-state index in [2.05, 4.69) is 55.5 Å². The fraction of sp³-hybridized carbons (Fsp3) is 0.286. The van der Waals surface area contributed by atoms with Gasteiger partial charge in [0.1, 0.15) is 0 Å². The molecular weight excluding hydrogens is 168 g/mol. The summed E-state index contributed by atoms with van der Waals surface area (Å²) in [6.45, 7) is 2.28. The summed E-state index contributed by atoms with van der Waals surface area (Å²) >= 11 is 0. The van der Waals surface area contributed by atoms with Gasteiger partial charge in [-0.2, -0.15) is 0 Å². The predicted molar refractivity (Wildman–Crippen MR) is 62.0 cm³/mol. The average Bonchev–Trinajstić information content (AvgIpc) is 2.44. The van der Waals surface area contributed by atoms with Crippen molar-refractivity contribution in [2.45, 2.75) is 19.8 Å². The summed E-state index contributed by atoms with van der Waals surface area (Å²) < 4.78 is 0. The Labute approximate surface area is 86.0 Å². The monoisotopic (exact) mass is 184 g/mol. The van der Waals surface area contributed by atoms with Crippen LogP contribution in [0.5, 0.6) is 0 Å². The van der Waals surface area contributed by atoms with E-state index in [0.29, 0.717) is 5.92 Å². The average molecular weight is 184 g/mol. The minimum absolute atomic E-state index is 0.715. The minimum Gasteiger partial charge on any atom is -0.0811 e. The van der Waals surface area contributed by atoms with Crippen molar-refractivity contribution in [2.75, 3.05) is 0 Å². The fourth-order valence-electron chi connectivity index (χ4n) is 1.78. The molecule has 72 valence electrons. The number of allylic oxidation sites excluding steroid dienone is 4. The number of benzene rings is 1. The Bertz CT molecular complexity index is 344. The van der Waals surface area contributed by atoms with E-state index in [0.717, 1.165) is 0 Å². The normalized spacial score (nSPS) is 21.5. The third-order valence-corrected chi connectivity index (χ3v) is 2.70. The summed E-state index contributed by atoms with van der Waals surface area (Å²) in [5.41, 5.74) is 2.70. The van der Waals surface area contributed by atoms with E-state index in [4.69, 9.17) is 0 Å². The molecule has 1 atom stereocenters. The summed E-state index contributed by atoms with van der Waals surface area (Å²) in [4.78, 5) is 0. The maximum atomic E-state index is 2.34. The molecule has 0 saturated heterocycles. The Morgan fingerprint density at radius 3 is 2.71 bits per heavy atom. The van der Waals surface area contributed by atoms with Crippen LogP contribution in [0.3, 0.4) is 0 Å². The second-order valence-electron chi connectivity index (χ2n) is 3.94. The number of rotatable bonds is 1. The molecule has 1 aromatic rings. The Morgan fingerprint density at radius 1 is 1.14 bits per heavy atom. The third-order valence-electron chi connectivity index (χ3n) is 2.70. The van der Waals surface area contributed by atoms with Gasteiger partial charge in [0.25, 0.3) is 0 Å². The van der Waals surface area contributed by atoms with Crippen LogP contribution >= 0.6 is 0 Å². The molecule has 1 aliphatic rings. The second-order valence-corrected chi connectivity index (χ2v) is 3.94. The highest BCUT2D eigenvalue weighted by Crippen LogP contribution is 2.22. The van der Waals surface area contributed by atoms with Crippen molar-refractivity contribution in [2.24, 2.45) is 5.92 Å². The lowest BCUT2D eigenvalue weighted by Gasteiger charge is -2.00. The maximum absolute atomic E-state index is 2.34. The lowest BCUT2D eigenvalue weighted by Crippen LogP contribution is -1.84. The van der Waals surface area contributed by atoms with E-state index < -0.39 is 0 Å². The first-order valence-electron chi connectivity index (χ1n) is 5.30. The van der Waals surface area contributed by atoms with Gasteiger partial charge < -0.3 is 0 Å². The lowest BCUT2D eigenvalue weighted by molar-refractivity contribution is 0.662. The molecule has 0 radical (unpaired) electrons. The van der Waals surface area contributed by atoms with Gasteiger partial charge in [0.15, 0.2) is 0 Å². The van der Waals surface area contributed by atoms with Gasteiger partial charge in [-0.1, -0.05) is 55.5 Å². The van der Waals surface area contributed by atoms with Gasteiger partial charge in [0.2, 0.25) is 0 Å². The van der Waals surface area contributed by atoms with Crippen LogP contribution in [0.25, 0.3) is 5.57 Å². The largest absolute Gasteiger partial charge is 0.0811 e. The van der Waals surface area contributed by atoms with Crippen LogP contribution in [0.4, 0.5) is 0 Å². The van der Waals surface area contributed by atoms with Crippen molar-refractivity contribution in [3.05, 3.63) is 54.1 Å². The third kappa shape index (κ3) is 2.14. The molecule has 0 aromatic heterocycles. The molecule has 0 nitrogen and oxygen atoms in total. The highest BCUT2D eigenvalue weighted by atomic mass is 14.1. The lowest BCUT2D eigenvalue weighted by atomic mass is 10.1. The van der Waals surface area contributed by atoms with Gasteiger partial charge in [-0.25, -0.2) is 0 Å². The molecular formula is C14H16. The van der Waals surface area contributed by atoms with Crippen molar-refractivity contribution >= 4 is 5.57 Å². The molecule has 1 aromatic carbocycles. The summed E-state index contributed by atoms with van der Waals surface area (Å²) in [6.07, 6.45) is 9.37. The highest BCUT2D eigenvalue weighted by Gasteiger charge is 2.03. The van der Waals surface area contributed by atoms with E-state index in [1.54, 1.807) is 0 Å². The van der Waals surface area contributed by atoms with Crippen LogP contribution in [-0.2, 0) is 0 Å². The van der Waals surface area contributed by atoms with Crippen LogP contribution in [0.15, 0.2) is 48.6 Å². The first-order valence-corrected chi connectivity index (χ1v) is 5.30. The first kappa shape index (κ1) is 9.26. The van der Waals surface area contributed by atoms with E-state index in [-0.39, 0.29) is 0 Å². The first-order chi connectivity index (χ1) is 6.86. The van der Waals surface area contributed by atoms with Gasteiger partial charge in [-0.15, -0.1) is 0 Å². The van der Waals surface area contributed by atoms with Crippen LogP contribution in [-0.4, -0.2) is 0 Å². The highest BCUT2D eigenvalue weighted by molar-refractivity contribution is 5.74. The smallest absolute Gasteiger partial charge is 0.0187 e. The van der Waals surface area contributed by atoms with Gasteiger partial charge in [-0.05, 0) is 29.9 Å². The molecule has 0 heteroatoms. The second kappa shape index (κ2) is 4.28. The zero-order valence-corrected chi connectivity index (χ0v) is 8.61. The molecule has 14 heavy (non-hydrogen) atoms. The molecule has 0 saturated carbocycles. The van der Waals surface area contributed by atoms with Crippen LogP contribution in [0.2, 0.25) is 0 Å². The van der Waals surface area contributed by atoms with Crippen molar-refractivity contribution in [1.29, 1.82) is 0 Å². The quantitative estimate of drug-likeness (QED) is 0.617. The van der Waals surface area contributed by atoms with Crippen molar-refractivity contribution < 1.29 is 0 Å². The van der Waals surface area contributed by atoms with Gasteiger partial charge in [0, 0.05) is 0 Å². The van der Waals surface area contributed by atoms with Gasteiger partial charge in [-0.3, -0.25) is 0 Å². The summed E-state index contributed by atoms with van der Waals surface area (Å²) in [6, 6.07) is 10.6. The summed E-state index contributed by atoms with van der Waals surface area (Å²) in [5.74, 6) is 0.715. The van der Waals surface area contributed by atoms with Gasteiger partial charge >= 0.3 is 0 Å². The number of hydrogen-bond donors (Lipinski definition) is 0. The predicted octanol–water partition coefficient (Wildman–Crippen LogP) is 4.06. The van der Waals surface area contributed by atoms with E-state index in [1.807, 2.05) is 0 Å². The molecule has 2 rings (SSSR count). The van der Waals surface area contributed by atoms with Crippen molar-refractivity contribution in [1.82, 2.24) is 0 Å². The van der Waals surface area contributed by atoms with E-state index >= 15 is 0 Å². The SMILES string of the molecule is C[C@H]1C=CC(c2ccccc2)=CCC1. The Balaban J connectivity index is 2.26. The van der Waals surface area contributed by atoms with Gasteiger partial charge in [0.05, 0.1) is 0 Å². The zero-order chi connectivity index (χ0) is 9.80. The molecule has 0 spiro atoms. The molecule has 0 amide bonds. The Morgan fingerprint density at radius 2 is 1.93 bits per heavy atom. The maximum Gasteiger partial charge on any atom is -0.0187 e. The molecule has 0 N–H and O–H groups in total. The Kier molecular flexibility index (Phi) is 2.83. The molecule has 1 aliphatic carbocycles. The van der Waals surface area contributed by atoms with Crippen LogP contribution in [0, 0.1) is 5.92 Å². The standard InChI is InChI=1S/C14H16/c1-12-6-5-9-14(11-10-12)13-7-3-2-4-8-13/h2-4,7-12H,5-6H2,1H3/t12-/m1/s1.